The molecule has 25 heavy (non-hydrogen) atoms. The normalized spacial score (nSPS) is 10.4. The molecule has 2 aromatic rings. The van der Waals surface area contributed by atoms with Crippen molar-refractivity contribution in [3.05, 3.63) is 59.7 Å². The minimum absolute atomic E-state index is 0.0326. The fourth-order valence-corrected chi connectivity index (χ4v) is 3.10. The first-order valence-corrected chi connectivity index (χ1v) is 9.44. The number of nitrogens with one attached hydrogen (secondary N) is 1. The first-order valence-electron chi connectivity index (χ1n) is 8.22. The van der Waals surface area contributed by atoms with Crippen LogP contribution in [0.1, 0.15) is 17.5 Å². The molecule has 0 saturated carbocycles. The number of thioether (sulfide) groups is 1. The van der Waals surface area contributed by atoms with Gasteiger partial charge in [-0.15, -0.1) is 11.8 Å². The van der Waals surface area contributed by atoms with E-state index in [1.807, 2.05) is 55.6 Å². The van der Waals surface area contributed by atoms with E-state index in [1.54, 1.807) is 18.8 Å². The number of carbonyl (C=O) groups is 2. The van der Waals surface area contributed by atoms with Crippen LogP contribution in [0.15, 0.2) is 53.4 Å². The monoisotopic (exact) mass is 356 g/mol. The molecular weight excluding hydrogens is 332 g/mol. The molecule has 0 unspecified atom stereocenters. The molecule has 2 aromatic carbocycles. The SMILES string of the molecule is CSc1ccccc1NC(=O)CN(C)C(=O)CCc1cccc(C)c1. The number of hydrogen-bond donors (Lipinski definition) is 1. The van der Waals surface area contributed by atoms with Crippen molar-refractivity contribution in [2.24, 2.45) is 0 Å². The topological polar surface area (TPSA) is 49.4 Å². The number of carbonyl (C=O) groups excluding carboxylic acids is 2. The van der Waals surface area contributed by atoms with Crippen molar-refractivity contribution in [1.82, 2.24) is 4.90 Å². The molecule has 0 fully saturated rings. The van der Waals surface area contributed by atoms with Crippen LogP contribution < -0.4 is 5.32 Å². The van der Waals surface area contributed by atoms with Crippen molar-refractivity contribution in [2.75, 3.05) is 25.2 Å². The minimum atomic E-state index is -0.187. The summed E-state index contributed by atoms with van der Waals surface area (Å²) in [4.78, 5) is 26.9. The number of para-hydroxylation sites is 1. The van der Waals surface area contributed by atoms with E-state index >= 15 is 0 Å². The second-order valence-corrected chi connectivity index (χ2v) is 6.84. The molecule has 0 bridgehead atoms. The first kappa shape index (κ1) is 19.1. The Labute approximate surface area is 153 Å². The molecule has 0 saturated heterocycles. The fraction of sp³-hybridized carbons (Fsp3) is 0.300. The van der Waals surface area contributed by atoms with Crippen LogP contribution in [0.25, 0.3) is 0 Å². The Morgan fingerprint density at radius 1 is 1.12 bits per heavy atom. The lowest BCUT2D eigenvalue weighted by Crippen LogP contribution is -2.35. The van der Waals surface area contributed by atoms with Crippen LogP contribution >= 0.6 is 11.8 Å². The third-order valence-corrected chi connectivity index (χ3v) is 4.69. The second-order valence-electron chi connectivity index (χ2n) is 5.99. The largest absolute Gasteiger partial charge is 0.336 e. The van der Waals surface area contributed by atoms with Crippen LogP contribution in [0.5, 0.6) is 0 Å². The molecule has 0 aliphatic rings. The van der Waals surface area contributed by atoms with E-state index in [9.17, 15) is 9.59 Å². The van der Waals surface area contributed by atoms with E-state index in [0.717, 1.165) is 16.1 Å². The van der Waals surface area contributed by atoms with Gasteiger partial charge >= 0.3 is 0 Å². The number of likely N-dealkylation sites (N-methyl/N-ethyl adjacent to an activating group) is 1. The summed E-state index contributed by atoms with van der Waals surface area (Å²) in [5.41, 5.74) is 3.10. The van der Waals surface area contributed by atoms with E-state index in [2.05, 4.69) is 11.4 Å². The van der Waals surface area contributed by atoms with Crippen LogP contribution in [-0.4, -0.2) is 36.6 Å². The van der Waals surface area contributed by atoms with Gasteiger partial charge in [0.2, 0.25) is 11.8 Å². The molecule has 0 aliphatic carbocycles. The molecule has 5 heteroatoms. The number of hydrogen-bond acceptors (Lipinski definition) is 3. The molecule has 132 valence electrons. The molecule has 0 radical (unpaired) electrons. The zero-order valence-electron chi connectivity index (χ0n) is 14.9. The lowest BCUT2D eigenvalue weighted by atomic mass is 10.1. The second kappa shape index (κ2) is 9.28. The van der Waals surface area contributed by atoms with Gasteiger partial charge in [-0.25, -0.2) is 0 Å². The van der Waals surface area contributed by atoms with Gasteiger partial charge in [-0.2, -0.15) is 0 Å². The number of amides is 2. The van der Waals surface area contributed by atoms with Crippen molar-refractivity contribution >= 4 is 29.3 Å². The van der Waals surface area contributed by atoms with E-state index < -0.39 is 0 Å². The summed E-state index contributed by atoms with van der Waals surface area (Å²) in [6.07, 6.45) is 3.04. The number of nitrogens with zero attached hydrogens (tertiary/aromatic N) is 1. The molecule has 4 nitrogen and oxygen atoms in total. The smallest absolute Gasteiger partial charge is 0.244 e. The minimum Gasteiger partial charge on any atom is -0.336 e. The molecule has 0 aliphatic heterocycles. The predicted octanol–water partition coefficient (Wildman–Crippen LogP) is 3.75. The van der Waals surface area contributed by atoms with Crippen LogP contribution in [0.4, 0.5) is 5.69 Å². The summed E-state index contributed by atoms with van der Waals surface area (Å²) in [5, 5.41) is 2.87. The molecule has 0 heterocycles. The summed E-state index contributed by atoms with van der Waals surface area (Å²) in [5.74, 6) is -0.220. The third-order valence-electron chi connectivity index (χ3n) is 3.90. The maximum absolute atomic E-state index is 12.3. The van der Waals surface area contributed by atoms with Crippen LogP contribution in [0.3, 0.4) is 0 Å². The van der Waals surface area contributed by atoms with Crippen molar-refractivity contribution < 1.29 is 9.59 Å². The number of aryl methyl sites for hydroxylation is 2. The maximum atomic E-state index is 12.3. The maximum Gasteiger partial charge on any atom is 0.244 e. The van der Waals surface area contributed by atoms with E-state index in [4.69, 9.17) is 0 Å². The third kappa shape index (κ3) is 5.94. The van der Waals surface area contributed by atoms with Gasteiger partial charge < -0.3 is 10.2 Å². The van der Waals surface area contributed by atoms with Crippen LogP contribution in [0.2, 0.25) is 0 Å². The average molecular weight is 356 g/mol. The standard InChI is InChI=1S/C20H24N2O2S/c1-15-7-6-8-16(13-15)11-12-20(24)22(2)14-19(23)21-17-9-4-5-10-18(17)25-3/h4-10,13H,11-12,14H2,1-3H3,(H,21,23). The van der Waals surface area contributed by atoms with Crippen molar-refractivity contribution in [2.45, 2.75) is 24.7 Å². The highest BCUT2D eigenvalue weighted by Gasteiger charge is 2.14. The fourth-order valence-electron chi connectivity index (χ4n) is 2.55. The van der Waals surface area contributed by atoms with Gasteiger partial charge in [-0.1, -0.05) is 42.0 Å². The summed E-state index contributed by atoms with van der Waals surface area (Å²) in [6, 6.07) is 15.8. The predicted molar refractivity (Wildman–Crippen MR) is 104 cm³/mol. The summed E-state index contributed by atoms with van der Waals surface area (Å²) < 4.78 is 0. The van der Waals surface area contributed by atoms with Crippen molar-refractivity contribution in [1.29, 1.82) is 0 Å². The van der Waals surface area contributed by atoms with Crippen molar-refractivity contribution in [3.8, 4) is 0 Å². The lowest BCUT2D eigenvalue weighted by Gasteiger charge is -2.17. The van der Waals surface area contributed by atoms with Gasteiger partial charge in [0.25, 0.3) is 0 Å². The van der Waals surface area contributed by atoms with Crippen LogP contribution in [0, 0.1) is 6.92 Å². The molecule has 0 atom stereocenters. The Morgan fingerprint density at radius 2 is 1.88 bits per heavy atom. The summed E-state index contributed by atoms with van der Waals surface area (Å²) in [7, 11) is 1.67. The van der Waals surface area contributed by atoms with Gasteiger partial charge in [0.1, 0.15) is 0 Å². The average Bonchev–Trinajstić information content (AvgIpc) is 2.60. The Hall–Kier alpha value is -2.27. The van der Waals surface area contributed by atoms with Gasteiger partial charge in [-0.05, 0) is 37.3 Å². The molecule has 0 spiro atoms. The summed E-state index contributed by atoms with van der Waals surface area (Å²) >= 11 is 1.57. The van der Waals surface area contributed by atoms with Crippen molar-refractivity contribution in [3.63, 3.8) is 0 Å². The molecule has 0 aromatic heterocycles. The van der Waals surface area contributed by atoms with E-state index in [1.165, 1.54) is 10.5 Å². The number of benzene rings is 2. The van der Waals surface area contributed by atoms with Gasteiger partial charge in [0.05, 0.1) is 12.2 Å². The van der Waals surface area contributed by atoms with Gasteiger partial charge in [-0.3, -0.25) is 9.59 Å². The quantitative estimate of drug-likeness (QED) is 0.769. The molecular formula is C20H24N2O2S. The summed E-state index contributed by atoms with van der Waals surface area (Å²) in [6.45, 7) is 2.09. The van der Waals surface area contributed by atoms with Crippen LogP contribution in [-0.2, 0) is 16.0 Å². The highest BCUT2D eigenvalue weighted by atomic mass is 32.2. The Morgan fingerprint density at radius 3 is 2.60 bits per heavy atom. The number of rotatable bonds is 7. The number of anilines is 1. The molecule has 2 rings (SSSR count). The Balaban J connectivity index is 1.84. The lowest BCUT2D eigenvalue weighted by molar-refractivity contribution is -0.133. The highest BCUT2D eigenvalue weighted by molar-refractivity contribution is 7.98. The zero-order valence-corrected chi connectivity index (χ0v) is 15.7. The van der Waals surface area contributed by atoms with Gasteiger partial charge in [0, 0.05) is 18.4 Å². The molecule has 1 N–H and O–H groups in total. The van der Waals surface area contributed by atoms with E-state index in [-0.39, 0.29) is 18.4 Å². The van der Waals surface area contributed by atoms with Gasteiger partial charge in [0.15, 0.2) is 0 Å². The zero-order chi connectivity index (χ0) is 18.2. The Bertz CT molecular complexity index is 746. The Kier molecular flexibility index (Phi) is 7.07. The first-order chi connectivity index (χ1) is 12.0. The molecule has 2 amide bonds. The van der Waals surface area contributed by atoms with E-state index in [0.29, 0.717) is 12.8 Å². The highest BCUT2D eigenvalue weighted by Crippen LogP contribution is 2.24.